The number of aromatic nitrogens is 2. The predicted molar refractivity (Wildman–Crippen MR) is 162 cm³/mol. The largest absolute Gasteiger partial charge is 0.493 e. The van der Waals surface area contributed by atoms with Crippen molar-refractivity contribution in [2.75, 3.05) is 44.2 Å². The Balaban J connectivity index is 1.34. The summed E-state index contributed by atoms with van der Waals surface area (Å²) < 4.78 is 43.3. The molecular weight excluding hydrogens is 576 g/mol. The molecule has 0 fully saturated rings. The number of non-ortho nitro benzene ring substituents is 1. The zero-order valence-corrected chi connectivity index (χ0v) is 24.7. The molecule has 4 aromatic rings. The lowest BCUT2D eigenvalue weighted by molar-refractivity contribution is -0.385. The van der Waals surface area contributed by atoms with E-state index in [0.717, 1.165) is 11.3 Å². The maximum Gasteiger partial charge on any atom is 0.269 e. The standard InChI is InChI=1S/C29H32N6O7S/c1-18-13-22(35(36)37)7-10-26(18)43(38,39)23-8-5-21(6-9-23)32-11-4-12-42-27-24(40-2)15-19(16-25(27)41-3)14-20-17-33-29(31)34-28(20)30/h5-10,13,15-17,32H,4,11-12,14H2,1-3H3,(H4,30,31,33,34). The molecule has 43 heavy (non-hydrogen) atoms. The summed E-state index contributed by atoms with van der Waals surface area (Å²) in [7, 11) is -0.754. The second-order valence-corrected chi connectivity index (χ2v) is 11.4. The fraction of sp³-hybridized carbons (Fsp3) is 0.241. The smallest absolute Gasteiger partial charge is 0.269 e. The minimum atomic E-state index is -3.84. The molecule has 0 saturated carbocycles. The fourth-order valence-corrected chi connectivity index (χ4v) is 5.85. The summed E-state index contributed by atoms with van der Waals surface area (Å²) in [6.45, 7) is 2.43. The second kappa shape index (κ2) is 13.2. The van der Waals surface area contributed by atoms with Crippen LogP contribution in [-0.2, 0) is 16.3 Å². The van der Waals surface area contributed by atoms with Crippen LogP contribution in [-0.4, -0.2) is 50.7 Å². The Kier molecular flexibility index (Phi) is 9.50. The number of nitro groups is 1. The van der Waals surface area contributed by atoms with Gasteiger partial charge in [0.1, 0.15) is 5.82 Å². The highest BCUT2D eigenvalue weighted by Crippen LogP contribution is 2.39. The van der Waals surface area contributed by atoms with E-state index in [-0.39, 0.29) is 21.4 Å². The van der Waals surface area contributed by atoms with Gasteiger partial charge in [-0.25, -0.2) is 13.4 Å². The monoisotopic (exact) mass is 608 g/mol. The van der Waals surface area contributed by atoms with Crippen molar-refractivity contribution < 1.29 is 27.6 Å². The van der Waals surface area contributed by atoms with E-state index in [0.29, 0.717) is 60.2 Å². The Morgan fingerprint density at radius 2 is 1.67 bits per heavy atom. The Labute approximate surface area is 248 Å². The molecule has 0 aliphatic carbocycles. The highest BCUT2D eigenvalue weighted by atomic mass is 32.2. The minimum absolute atomic E-state index is 0.0262. The molecule has 1 heterocycles. The van der Waals surface area contributed by atoms with E-state index in [9.17, 15) is 18.5 Å². The molecule has 0 radical (unpaired) electrons. The number of nitrogen functional groups attached to an aromatic ring is 2. The van der Waals surface area contributed by atoms with E-state index >= 15 is 0 Å². The van der Waals surface area contributed by atoms with Gasteiger partial charge in [0.15, 0.2) is 11.5 Å². The summed E-state index contributed by atoms with van der Waals surface area (Å²) in [5.74, 6) is 1.87. The average Bonchev–Trinajstić information content (AvgIpc) is 2.98. The molecule has 4 rings (SSSR count). The third-order valence-corrected chi connectivity index (χ3v) is 8.48. The van der Waals surface area contributed by atoms with Gasteiger partial charge in [-0.05, 0) is 66.9 Å². The molecule has 0 atom stereocenters. The Bertz CT molecular complexity index is 1710. The lowest BCUT2D eigenvalue weighted by Gasteiger charge is -2.17. The molecule has 0 spiro atoms. The van der Waals surface area contributed by atoms with Crippen LogP contribution in [0.3, 0.4) is 0 Å². The average molecular weight is 609 g/mol. The zero-order chi connectivity index (χ0) is 31.1. The van der Waals surface area contributed by atoms with Crippen molar-refractivity contribution in [2.45, 2.75) is 29.6 Å². The van der Waals surface area contributed by atoms with E-state index in [1.807, 2.05) is 12.1 Å². The summed E-state index contributed by atoms with van der Waals surface area (Å²) >= 11 is 0. The van der Waals surface area contributed by atoms with Gasteiger partial charge < -0.3 is 31.0 Å². The molecular formula is C29H32N6O7S. The van der Waals surface area contributed by atoms with Gasteiger partial charge in [-0.1, -0.05) is 0 Å². The molecule has 3 aromatic carbocycles. The van der Waals surface area contributed by atoms with Crippen LogP contribution in [0.15, 0.2) is 70.6 Å². The van der Waals surface area contributed by atoms with Gasteiger partial charge in [0.2, 0.25) is 21.5 Å². The molecule has 0 bridgehead atoms. The van der Waals surface area contributed by atoms with E-state index in [4.69, 9.17) is 25.7 Å². The third kappa shape index (κ3) is 7.22. The van der Waals surface area contributed by atoms with Crippen LogP contribution in [0.1, 0.15) is 23.1 Å². The lowest BCUT2D eigenvalue weighted by atomic mass is 10.1. The highest BCUT2D eigenvalue weighted by molar-refractivity contribution is 7.91. The number of anilines is 3. The maximum atomic E-state index is 13.1. The number of aryl methyl sites for hydroxylation is 1. The first kappa shape index (κ1) is 30.8. The zero-order valence-electron chi connectivity index (χ0n) is 23.9. The number of nitrogens with zero attached hydrogens (tertiary/aromatic N) is 3. The van der Waals surface area contributed by atoms with Gasteiger partial charge >= 0.3 is 0 Å². The van der Waals surface area contributed by atoms with Gasteiger partial charge in [-0.15, -0.1) is 0 Å². The Morgan fingerprint density at radius 3 is 2.26 bits per heavy atom. The normalized spacial score (nSPS) is 11.1. The molecule has 0 unspecified atom stereocenters. The molecule has 0 saturated heterocycles. The van der Waals surface area contributed by atoms with Crippen molar-refractivity contribution in [3.8, 4) is 17.2 Å². The van der Waals surface area contributed by atoms with Crippen LogP contribution in [0.5, 0.6) is 17.2 Å². The van der Waals surface area contributed by atoms with Gasteiger partial charge in [-0.2, -0.15) is 4.98 Å². The van der Waals surface area contributed by atoms with Crippen LogP contribution < -0.4 is 31.0 Å². The number of nitrogens with one attached hydrogen (secondary N) is 1. The first-order valence-electron chi connectivity index (χ1n) is 13.1. The molecule has 0 aliphatic rings. The van der Waals surface area contributed by atoms with Crippen molar-refractivity contribution in [2.24, 2.45) is 0 Å². The summed E-state index contributed by atoms with van der Waals surface area (Å²) in [6.07, 6.45) is 2.65. The quantitative estimate of drug-likeness (QED) is 0.111. The fourth-order valence-electron chi connectivity index (χ4n) is 4.38. The highest BCUT2D eigenvalue weighted by Gasteiger charge is 2.22. The van der Waals surface area contributed by atoms with Crippen molar-refractivity contribution in [3.05, 3.63) is 87.6 Å². The first-order valence-corrected chi connectivity index (χ1v) is 14.6. The number of hydrogen-bond donors (Lipinski definition) is 3. The summed E-state index contributed by atoms with van der Waals surface area (Å²) in [6, 6.07) is 13.7. The van der Waals surface area contributed by atoms with Gasteiger partial charge in [0.25, 0.3) is 5.69 Å². The summed E-state index contributed by atoms with van der Waals surface area (Å²) in [5, 5.41) is 14.2. The number of nitro benzene ring substituents is 1. The third-order valence-electron chi connectivity index (χ3n) is 6.55. The number of ether oxygens (including phenoxy) is 3. The SMILES string of the molecule is COc1cc(Cc2cnc(N)nc2N)cc(OC)c1OCCCNc1ccc(S(=O)(=O)c2ccc([N+](=O)[O-])cc2C)cc1. The predicted octanol–water partition coefficient (Wildman–Crippen LogP) is 4.18. The van der Waals surface area contributed by atoms with Gasteiger partial charge in [0, 0.05) is 42.5 Å². The summed E-state index contributed by atoms with van der Waals surface area (Å²) in [5.41, 5.74) is 14.0. The van der Waals surface area contributed by atoms with Crippen molar-refractivity contribution in [1.29, 1.82) is 0 Å². The summed E-state index contributed by atoms with van der Waals surface area (Å²) in [4.78, 5) is 18.5. The number of methoxy groups -OCH3 is 2. The van der Waals surface area contributed by atoms with Crippen LogP contribution in [0.2, 0.25) is 0 Å². The number of nitrogens with two attached hydrogens (primary N) is 2. The van der Waals surface area contributed by atoms with Crippen molar-refractivity contribution in [1.82, 2.24) is 9.97 Å². The van der Waals surface area contributed by atoms with Crippen LogP contribution in [0, 0.1) is 17.0 Å². The van der Waals surface area contributed by atoms with E-state index in [1.165, 1.54) is 37.3 Å². The number of hydrogen-bond acceptors (Lipinski definition) is 12. The number of benzene rings is 3. The van der Waals surface area contributed by atoms with Crippen molar-refractivity contribution >= 4 is 33.0 Å². The topological polar surface area (TPSA) is 195 Å². The van der Waals surface area contributed by atoms with Crippen LogP contribution >= 0.6 is 0 Å². The molecule has 13 nitrogen and oxygen atoms in total. The molecule has 1 aromatic heterocycles. The van der Waals surface area contributed by atoms with Gasteiger partial charge in [0.05, 0.1) is 35.5 Å². The Morgan fingerprint density at radius 1 is 1.00 bits per heavy atom. The van der Waals surface area contributed by atoms with Crippen molar-refractivity contribution in [3.63, 3.8) is 0 Å². The van der Waals surface area contributed by atoms with Gasteiger partial charge in [-0.3, -0.25) is 10.1 Å². The molecule has 0 aliphatic heterocycles. The number of rotatable bonds is 13. The van der Waals surface area contributed by atoms with E-state index in [1.54, 1.807) is 32.5 Å². The Hall–Kier alpha value is -5.11. The molecule has 14 heteroatoms. The molecule has 5 N–H and O–H groups in total. The van der Waals surface area contributed by atoms with Crippen LogP contribution in [0.4, 0.5) is 23.1 Å². The maximum absolute atomic E-state index is 13.1. The second-order valence-electron chi connectivity index (χ2n) is 9.51. The molecule has 0 amide bonds. The minimum Gasteiger partial charge on any atom is -0.493 e. The first-order chi connectivity index (χ1) is 20.5. The number of sulfone groups is 1. The van der Waals surface area contributed by atoms with E-state index < -0.39 is 14.8 Å². The lowest BCUT2D eigenvalue weighted by Crippen LogP contribution is -2.09. The van der Waals surface area contributed by atoms with Crippen LogP contribution in [0.25, 0.3) is 0 Å². The van der Waals surface area contributed by atoms with E-state index in [2.05, 4.69) is 15.3 Å². The molecule has 226 valence electrons.